The van der Waals surface area contributed by atoms with Crippen molar-refractivity contribution < 1.29 is 13.2 Å². The van der Waals surface area contributed by atoms with Crippen LogP contribution in [0.1, 0.15) is 31.2 Å². The lowest BCUT2D eigenvalue weighted by atomic mass is 10.1. The summed E-state index contributed by atoms with van der Waals surface area (Å²) in [6.07, 6.45) is 3.43. The van der Waals surface area contributed by atoms with Gasteiger partial charge >= 0.3 is 0 Å². The maximum atomic E-state index is 12.2. The third kappa shape index (κ3) is 4.08. The Kier molecular flexibility index (Phi) is 4.49. The fraction of sp³-hybridized carbons (Fsp3) is 0.562. The predicted molar refractivity (Wildman–Crippen MR) is 84.5 cm³/mol. The molecule has 1 saturated heterocycles. The molecule has 1 aliphatic carbocycles. The van der Waals surface area contributed by atoms with Crippen LogP contribution < -0.4 is 4.72 Å². The van der Waals surface area contributed by atoms with Crippen molar-refractivity contribution in [1.29, 1.82) is 0 Å². The van der Waals surface area contributed by atoms with E-state index < -0.39 is 10.0 Å². The first-order valence-electron chi connectivity index (χ1n) is 7.86. The molecule has 1 N–H and O–H groups in total. The van der Waals surface area contributed by atoms with Crippen LogP contribution in [0.25, 0.3) is 0 Å². The number of sulfonamides is 1. The molecule has 0 radical (unpaired) electrons. The smallest absolute Gasteiger partial charge is 0.225 e. The SMILES string of the molecule is O=C(C1CC1)N1CCC(NS(=O)(=O)Cc2ccccc2)CC1. The van der Waals surface area contributed by atoms with Gasteiger partial charge in [-0.15, -0.1) is 0 Å². The van der Waals surface area contributed by atoms with Crippen LogP contribution >= 0.6 is 0 Å². The predicted octanol–water partition coefficient (Wildman–Crippen LogP) is 1.51. The molecule has 1 heterocycles. The normalized spacial score (nSPS) is 20.1. The molecule has 0 bridgehead atoms. The molecule has 1 saturated carbocycles. The summed E-state index contributed by atoms with van der Waals surface area (Å²) < 4.78 is 27.2. The average molecular weight is 322 g/mol. The molecule has 0 spiro atoms. The molecule has 5 nitrogen and oxygen atoms in total. The Morgan fingerprint density at radius 1 is 1.09 bits per heavy atom. The fourth-order valence-corrected chi connectivity index (χ4v) is 4.35. The second-order valence-corrected chi connectivity index (χ2v) is 7.99. The van der Waals surface area contributed by atoms with E-state index in [-0.39, 0.29) is 23.6 Å². The molecule has 0 atom stereocenters. The van der Waals surface area contributed by atoms with Gasteiger partial charge in [-0.1, -0.05) is 30.3 Å². The second-order valence-electron chi connectivity index (χ2n) is 6.24. The van der Waals surface area contributed by atoms with Gasteiger partial charge in [-0.2, -0.15) is 0 Å². The molecule has 1 aromatic rings. The third-order valence-electron chi connectivity index (χ3n) is 4.28. The number of carbonyl (C=O) groups is 1. The van der Waals surface area contributed by atoms with E-state index in [0.29, 0.717) is 25.9 Å². The van der Waals surface area contributed by atoms with Gasteiger partial charge in [-0.3, -0.25) is 4.79 Å². The number of hydrogen-bond acceptors (Lipinski definition) is 3. The molecule has 3 rings (SSSR count). The number of rotatable bonds is 5. The molecule has 22 heavy (non-hydrogen) atoms. The molecule has 0 unspecified atom stereocenters. The Morgan fingerprint density at radius 3 is 2.32 bits per heavy atom. The molecule has 6 heteroatoms. The summed E-state index contributed by atoms with van der Waals surface area (Å²) >= 11 is 0. The van der Waals surface area contributed by atoms with E-state index in [1.54, 1.807) is 0 Å². The van der Waals surface area contributed by atoms with Crippen LogP contribution in [0, 0.1) is 5.92 Å². The zero-order valence-corrected chi connectivity index (χ0v) is 13.4. The summed E-state index contributed by atoms with van der Waals surface area (Å²) in [5, 5.41) is 0. The number of benzene rings is 1. The van der Waals surface area contributed by atoms with Gasteiger partial charge in [-0.25, -0.2) is 13.1 Å². The zero-order valence-electron chi connectivity index (χ0n) is 12.6. The first-order valence-corrected chi connectivity index (χ1v) is 9.51. The van der Waals surface area contributed by atoms with E-state index in [1.807, 2.05) is 35.2 Å². The first-order chi connectivity index (χ1) is 10.5. The van der Waals surface area contributed by atoms with Gasteiger partial charge in [0.05, 0.1) is 5.75 Å². The second kappa shape index (κ2) is 6.38. The number of likely N-dealkylation sites (tertiary alicyclic amines) is 1. The summed E-state index contributed by atoms with van der Waals surface area (Å²) in [5.41, 5.74) is 0.788. The minimum absolute atomic E-state index is 0.00899. The van der Waals surface area contributed by atoms with Crippen LogP contribution in [0.2, 0.25) is 0 Å². The molecular weight excluding hydrogens is 300 g/mol. The zero-order chi connectivity index (χ0) is 15.6. The van der Waals surface area contributed by atoms with Gasteiger partial charge in [0.2, 0.25) is 15.9 Å². The van der Waals surface area contributed by atoms with E-state index >= 15 is 0 Å². The number of nitrogens with one attached hydrogen (secondary N) is 1. The highest BCUT2D eigenvalue weighted by Crippen LogP contribution is 2.31. The van der Waals surface area contributed by atoms with Crippen LogP contribution in [0.15, 0.2) is 30.3 Å². The van der Waals surface area contributed by atoms with Gasteiger partial charge in [0, 0.05) is 25.0 Å². The molecule has 1 aliphatic heterocycles. The quantitative estimate of drug-likeness (QED) is 0.893. The van der Waals surface area contributed by atoms with Crippen LogP contribution in [0.5, 0.6) is 0 Å². The number of carbonyl (C=O) groups excluding carboxylic acids is 1. The Bertz CT molecular complexity index is 618. The lowest BCUT2D eigenvalue weighted by Gasteiger charge is -2.32. The number of piperidine rings is 1. The van der Waals surface area contributed by atoms with Gasteiger partial charge in [-0.05, 0) is 31.2 Å². The lowest BCUT2D eigenvalue weighted by molar-refractivity contribution is -0.133. The summed E-state index contributed by atoms with van der Waals surface area (Å²) in [5.74, 6) is 0.506. The van der Waals surface area contributed by atoms with Crippen LogP contribution in [0.4, 0.5) is 0 Å². The van der Waals surface area contributed by atoms with Crippen molar-refractivity contribution in [3.8, 4) is 0 Å². The Hall–Kier alpha value is -1.40. The van der Waals surface area contributed by atoms with Crippen molar-refractivity contribution in [2.75, 3.05) is 13.1 Å². The van der Waals surface area contributed by atoms with E-state index in [0.717, 1.165) is 18.4 Å². The largest absolute Gasteiger partial charge is 0.342 e. The molecule has 1 amide bonds. The van der Waals surface area contributed by atoms with Gasteiger partial charge in [0.15, 0.2) is 0 Å². The van der Waals surface area contributed by atoms with Gasteiger partial charge in [0.1, 0.15) is 0 Å². The van der Waals surface area contributed by atoms with Crippen LogP contribution in [-0.2, 0) is 20.6 Å². The monoisotopic (exact) mass is 322 g/mol. The highest BCUT2D eigenvalue weighted by Gasteiger charge is 2.35. The van der Waals surface area contributed by atoms with E-state index in [2.05, 4.69) is 4.72 Å². The molecule has 2 fully saturated rings. The number of amides is 1. The molecular formula is C16H22N2O3S. The molecule has 0 aromatic heterocycles. The summed E-state index contributed by atoms with van der Waals surface area (Å²) in [6.45, 7) is 1.32. The summed E-state index contributed by atoms with van der Waals surface area (Å²) in [6, 6.07) is 9.12. The standard InChI is InChI=1S/C16H22N2O3S/c19-16(14-6-7-14)18-10-8-15(9-11-18)17-22(20,21)12-13-4-2-1-3-5-13/h1-5,14-15,17H,6-12H2. The van der Waals surface area contributed by atoms with Crippen molar-refractivity contribution in [1.82, 2.24) is 9.62 Å². The Morgan fingerprint density at radius 2 is 1.73 bits per heavy atom. The average Bonchev–Trinajstić information content (AvgIpc) is 3.32. The van der Waals surface area contributed by atoms with Crippen molar-refractivity contribution in [3.63, 3.8) is 0 Å². The van der Waals surface area contributed by atoms with Crippen LogP contribution in [0.3, 0.4) is 0 Å². The fourth-order valence-electron chi connectivity index (χ4n) is 2.90. The highest BCUT2D eigenvalue weighted by molar-refractivity contribution is 7.88. The number of hydrogen-bond donors (Lipinski definition) is 1. The maximum Gasteiger partial charge on any atom is 0.225 e. The highest BCUT2D eigenvalue weighted by atomic mass is 32.2. The van der Waals surface area contributed by atoms with Crippen molar-refractivity contribution in [3.05, 3.63) is 35.9 Å². The van der Waals surface area contributed by atoms with E-state index in [1.165, 1.54) is 0 Å². The van der Waals surface area contributed by atoms with Crippen molar-refractivity contribution in [2.24, 2.45) is 5.92 Å². The Balaban J connectivity index is 1.50. The maximum absolute atomic E-state index is 12.2. The minimum Gasteiger partial charge on any atom is -0.342 e. The lowest BCUT2D eigenvalue weighted by Crippen LogP contribution is -2.47. The van der Waals surface area contributed by atoms with Gasteiger partial charge < -0.3 is 4.90 Å². The Labute approximate surface area is 131 Å². The summed E-state index contributed by atoms with van der Waals surface area (Å²) in [4.78, 5) is 13.9. The van der Waals surface area contributed by atoms with Crippen LogP contribution in [-0.4, -0.2) is 38.4 Å². The molecule has 2 aliphatic rings. The third-order valence-corrected chi connectivity index (χ3v) is 5.68. The van der Waals surface area contributed by atoms with Crippen molar-refractivity contribution >= 4 is 15.9 Å². The minimum atomic E-state index is -3.33. The van der Waals surface area contributed by atoms with E-state index in [9.17, 15) is 13.2 Å². The molecule has 120 valence electrons. The molecule has 1 aromatic carbocycles. The topological polar surface area (TPSA) is 66.5 Å². The van der Waals surface area contributed by atoms with Crippen molar-refractivity contribution in [2.45, 2.75) is 37.5 Å². The summed E-state index contributed by atoms with van der Waals surface area (Å²) in [7, 11) is -3.33. The van der Waals surface area contributed by atoms with Gasteiger partial charge in [0.25, 0.3) is 0 Å². The van der Waals surface area contributed by atoms with E-state index in [4.69, 9.17) is 0 Å². The number of nitrogens with zero attached hydrogens (tertiary/aromatic N) is 1. The first kappa shape index (κ1) is 15.5.